The van der Waals surface area contributed by atoms with Gasteiger partial charge in [-0.25, -0.2) is 0 Å². The fourth-order valence-corrected chi connectivity index (χ4v) is 5.15. The van der Waals surface area contributed by atoms with Gasteiger partial charge in [0.1, 0.15) is 12.4 Å². The molecular formula is C30H33ClN6O5. The maximum Gasteiger partial charge on any atom is 0.304 e. The van der Waals surface area contributed by atoms with Gasteiger partial charge < -0.3 is 21.3 Å². The molecule has 0 aliphatic heterocycles. The van der Waals surface area contributed by atoms with Crippen molar-refractivity contribution in [2.75, 3.05) is 48.1 Å². The Bertz CT molecular complexity index is 1510. The summed E-state index contributed by atoms with van der Waals surface area (Å²) in [6.45, 7) is 2.70. The van der Waals surface area contributed by atoms with E-state index in [0.29, 0.717) is 53.1 Å². The summed E-state index contributed by atoms with van der Waals surface area (Å²) >= 11 is 5.51. The van der Waals surface area contributed by atoms with E-state index in [4.69, 9.17) is 17.3 Å². The van der Waals surface area contributed by atoms with Crippen molar-refractivity contribution in [2.24, 2.45) is 5.73 Å². The first kappa shape index (κ1) is 30.5. The van der Waals surface area contributed by atoms with E-state index < -0.39 is 17.0 Å². The predicted molar refractivity (Wildman–Crippen MR) is 163 cm³/mol. The van der Waals surface area contributed by atoms with Crippen LogP contribution in [-0.4, -0.2) is 61.1 Å². The molecule has 42 heavy (non-hydrogen) atoms. The Kier molecular flexibility index (Phi) is 9.76. The lowest BCUT2D eigenvalue weighted by atomic mass is 9.82. The van der Waals surface area contributed by atoms with Gasteiger partial charge in [-0.15, -0.1) is 11.6 Å². The van der Waals surface area contributed by atoms with Crippen molar-refractivity contribution in [2.45, 2.75) is 25.6 Å². The zero-order valence-corrected chi connectivity index (χ0v) is 24.1. The van der Waals surface area contributed by atoms with Gasteiger partial charge in [-0.2, -0.15) is 0 Å². The summed E-state index contributed by atoms with van der Waals surface area (Å²) in [5.74, 6) is -1.40. The van der Waals surface area contributed by atoms with Crippen molar-refractivity contribution in [3.05, 3.63) is 98.6 Å². The van der Waals surface area contributed by atoms with Gasteiger partial charge in [0.15, 0.2) is 11.6 Å². The molecule has 2 atom stereocenters. The van der Waals surface area contributed by atoms with Crippen LogP contribution in [0.3, 0.4) is 0 Å². The lowest BCUT2D eigenvalue weighted by molar-refractivity contribution is -0.523. The highest BCUT2D eigenvalue weighted by Gasteiger charge is 2.33. The van der Waals surface area contributed by atoms with Crippen molar-refractivity contribution in [1.29, 1.82) is 0 Å². The molecule has 0 radical (unpaired) electrons. The standard InChI is InChI=1S/C30H33ClN6O5/c1-3-36(17-25(37(41)42)35-26(38)16-31)19-8-6-7-18(15-19)22(32)13-14-34-24-12-11-23(33-2)27-28(24)30(40)21-10-5-4-9-20(21)29(27)39/h4-12,15,22,25,33-34H,3,13-14,16-17,32H2,1-2H3,(H,35,38). The van der Waals surface area contributed by atoms with Crippen LogP contribution in [0, 0.1) is 10.1 Å². The van der Waals surface area contributed by atoms with Gasteiger partial charge in [-0.3, -0.25) is 29.8 Å². The fourth-order valence-electron chi connectivity index (χ4n) is 5.07. The van der Waals surface area contributed by atoms with E-state index in [2.05, 4.69) is 16.0 Å². The van der Waals surface area contributed by atoms with Crippen molar-refractivity contribution >= 4 is 46.1 Å². The van der Waals surface area contributed by atoms with Crippen LogP contribution in [0.1, 0.15) is 56.8 Å². The summed E-state index contributed by atoms with van der Waals surface area (Å²) in [6.07, 6.45) is -0.820. The van der Waals surface area contributed by atoms with Crippen LogP contribution >= 0.6 is 11.6 Å². The molecule has 1 aliphatic rings. The number of hydrogen-bond acceptors (Lipinski definition) is 9. The molecule has 1 amide bonds. The average molecular weight is 593 g/mol. The minimum Gasteiger partial charge on any atom is -0.388 e. The lowest BCUT2D eigenvalue weighted by Crippen LogP contribution is -2.49. The highest BCUT2D eigenvalue weighted by molar-refractivity contribution is 6.32. The predicted octanol–water partition coefficient (Wildman–Crippen LogP) is 3.79. The number of likely N-dealkylation sites (N-methyl/N-ethyl adjacent to an activating group) is 1. The van der Waals surface area contributed by atoms with Crippen LogP contribution in [0.4, 0.5) is 17.1 Å². The average Bonchev–Trinajstić information content (AvgIpc) is 3.01. The summed E-state index contributed by atoms with van der Waals surface area (Å²) in [5.41, 5.74) is 10.7. The Morgan fingerprint density at radius 1 is 1.02 bits per heavy atom. The Labute approximate surface area is 248 Å². The molecule has 11 nitrogen and oxygen atoms in total. The summed E-state index contributed by atoms with van der Waals surface area (Å²) in [7, 11) is 1.71. The number of fused-ring (bicyclic) bond motifs is 2. The van der Waals surface area contributed by atoms with Gasteiger partial charge in [0, 0.05) is 59.3 Å². The summed E-state index contributed by atoms with van der Waals surface area (Å²) in [5, 5.41) is 20.2. The monoisotopic (exact) mass is 592 g/mol. The number of hydrogen-bond donors (Lipinski definition) is 4. The zero-order valence-electron chi connectivity index (χ0n) is 23.4. The normalized spacial score (nSPS) is 13.4. The maximum absolute atomic E-state index is 13.5. The van der Waals surface area contributed by atoms with Gasteiger partial charge in [-0.05, 0) is 43.2 Å². The quantitative estimate of drug-likeness (QED) is 0.0783. The molecule has 3 aromatic carbocycles. The topological polar surface area (TPSA) is 160 Å². The van der Waals surface area contributed by atoms with Crippen LogP contribution in [0.5, 0.6) is 0 Å². The SMILES string of the molecule is CCN(CC(NC(=O)CCl)[N+](=O)[O-])c1cccc(C(N)CCNc2ccc(NC)c3c2C(=O)c2ccccc2C3=O)c1. The van der Waals surface area contributed by atoms with E-state index >= 15 is 0 Å². The molecule has 0 saturated heterocycles. The Morgan fingerprint density at radius 3 is 2.26 bits per heavy atom. The van der Waals surface area contributed by atoms with Gasteiger partial charge >= 0.3 is 6.17 Å². The van der Waals surface area contributed by atoms with Gasteiger partial charge in [0.25, 0.3) is 0 Å². The van der Waals surface area contributed by atoms with Gasteiger partial charge in [0.05, 0.1) is 11.1 Å². The molecule has 0 spiro atoms. The first-order chi connectivity index (χ1) is 20.2. The molecule has 0 bridgehead atoms. The Hall–Kier alpha value is -4.48. The first-order valence-corrected chi connectivity index (χ1v) is 14.1. The van der Waals surface area contributed by atoms with Crippen LogP contribution in [0.25, 0.3) is 0 Å². The number of alkyl halides is 1. The second-order valence-corrected chi connectivity index (χ2v) is 10.1. The molecule has 0 heterocycles. The number of amides is 1. The van der Waals surface area contributed by atoms with Crippen molar-refractivity contribution in [1.82, 2.24) is 5.32 Å². The van der Waals surface area contributed by atoms with E-state index in [0.717, 1.165) is 11.3 Å². The number of nitrogens with zero attached hydrogens (tertiary/aromatic N) is 2. The largest absolute Gasteiger partial charge is 0.388 e. The van der Waals surface area contributed by atoms with Gasteiger partial charge in [0.2, 0.25) is 5.91 Å². The Balaban J connectivity index is 1.48. The molecule has 5 N–H and O–H groups in total. The van der Waals surface area contributed by atoms with Crippen LogP contribution in [0.2, 0.25) is 0 Å². The minimum atomic E-state index is -1.32. The van der Waals surface area contributed by atoms with Crippen LogP contribution in [-0.2, 0) is 4.79 Å². The number of nitrogens with one attached hydrogen (secondary N) is 3. The van der Waals surface area contributed by atoms with Gasteiger partial charge in [-0.1, -0.05) is 36.4 Å². The summed E-state index contributed by atoms with van der Waals surface area (Å²) in [6, 6.07) is 17.4. The third-order valence-electron chi connectivity index (χ3n) is 7.26. The second kappa shape index (κ2) is 13.5. The second-order valence-electron chi connectivity index (χ2n) is 9.82. The molecule has 0 aromatic heterocycles. The Morgan fingerprint density at radius 2 is 1.67 bits per heavy atom. The minimum absolute atomic E-state index is 0.0457. The number of nitrogens with two attached hydrogens (primary N) is 1. The number of carbonyl (C=O) groups excluding carboxylic acids is 3. The van der Waals surface area contributed by atoms with Crippen molar-refractivity contribution in [3.63, 3.8) is 0 Å². The van der Waals surface area contributed by atoms with Crippen molar-refractivity contribution < 1.29 is 19.3 Å². The molecule has 4 rings (SSSR count). The first-order valence-electron chi connectivity index (χ1n) is 13.6. The zero-order chi connectivity index (χ0) is 30.4. The maximum atomic E-state index is 13.5. The highest BCUT2D eigenvalue weighted by Crippen LogP contribution is 2.36. The smallest absolute Gasteiger partial charge is 0.304 e. The molecular weight excluding hydrogens is 560 g/mol. The number of halogens is 1. The number of anilines is 3. The number of rotatable bonds is 13. The van der Waals surface area contributed by atoms with E-state index in [1.807, 2.05) is 31.2 Å². The number of nitro groups is 1. The van der Waals surface area contributed by atoms with E-state index in [9.17, 15) is 24.5 Å². The van der Waals surface area contributed by atoms with Crippen LogP contribution in [0.15, 0.2) is 60.7 Å². The summed E-state index contributed by atoms with van der Waals surface area (Å²) < 4.78 is 0. The third-order valence-corrected chi connectivity index (χ3v) is 7.50. The third kappa shape index (κ3) is 6.37. The van der Waals surface area contributed by atoms with E-state index in [1.54, 1.807) is 48.3 Å². The highest BCUT2D eigenvalue weighted by atomic mass is 35.5. The number of ketones is 2. The van der Waals surface area contributed by atoms with E-state index in [-0.39, 0.29) is 30.0 Å². The molecule has 1 aliphatic carbocycles. The number of carbonyl (C=O) groups is 3. The van der Waals surface area contributed by atoms with Crippen molar-refractivity contribution in [3.8, 4) is 0 Å². The molecule has 3 aromatic rings. The fraction of sp³-hybridized carbons (Fsp3) is 0.300. The molecule has 2 unspecified atom stereocenters. The number of benzene rings is 3. The van der Waals surface area contributed by atoms with E-state index in [1.165, 1.54) is 0 Å². The summed E-state index contributed by atoms with van der Waals surface area (Å²) in [4.78, 5) is 51.2. The molecule has 0 saturated carbocycles. The molecule has 220 valence electrons. The lowest BCUT2D eigenvalue weighted by Gasteiger charge is -2.26. The molecule has 12 heteroatoms. The molecule has 0 fully saturated rings. The van der Waals surface area contributed by atoms with Crippen LogP contribution < -0.4 is 26.6 Å².